The van der Waals surface area contributed by atoms with Gasteiger partial charge in [-0.1, -0.05) is 42.5 Å². The number of carbonyl (C=O) groups excluding carboxylic acids is 1. The van der Waals surface area contributed by atoms with Crippen molar-refractivity contribution in [1.82, 2.24) is 0 Å². The number of sulfone groups is 1. The van der Waals surface area contributed by atoms with E-state index in [1.807, 2.05) is 30.3 Å². The van der Waals surface area contributed by atoms with E-state index in [0.717, 1.165) is 11.8 Å². The predicted molar refractivity (Wildman–Crippen MR) is 83.7 cm³/mol. The molecule has 0 unspecified atom stereocenters. The molecule has 108 valence electrons. The molecule has 0 saturated carbocycles. The molecule has 0 aliphatic carbocycles. The van der Waals surface area contributed by atoms with Gasteiger partial charge in [-0.25, -0.2) is 8.42 Å². The van der Waals surface area contributed by atoms with Gasteiger partial charge in [0.05, 0.1) is 10.6 Å². The highest BCUT2D eigenvalue weighted by atomic mass is 32.2. The molecule has 0 aliphatic heterocycles. The molecule has 0 radical (unpaired) electrons. The molecule has 2 rings (SSSR count). The van der Waals surface area contributed by atoms with Gasteiger partial charge in [-0.05, 0) is 23.8 Å². The number of amides is 1. The first-order valence-corrected chi connectivity index (χ1v) is 8.19. The van der Waals surface area contributed by atoms with Gasteiger partial charge in [-0.2, -0.15) is 0 Å². The number of anilines is 1. The van der Waals surface area contributed by atoms with E-state index in [9.17, 15) is 13.2 Å². The van der Waals surface area contributed by atoms with Crippen LogP contribution in [0, 0.1) is 0 Å². The summed E-state index contributed by atoms with van der Waals surface area (Å²) in [5.41, 5.74) is 1.17. The van der Waals surface area contributed by atoms with E-state index in [1.165, 1.54) is 12.1 Å². The lowest BCUT2D eigenvalue weighted by atomic mass is 10.2. The highest BCUT2D eigenvalue weighted by Crippen LogP contribution is 2.20. The van der Waals surface area contributed by atoms with E-state index < -0.39 is 9.84 Å². The third-order valence-corrected chi connectivity index (χ3v) is 3.93. The largest absolute Gasteiger partial charge is 0.321 e. The van der Waals surface area contributed by atoms with Crippen LogP contribution in [0.2, 0.25) is 0 Å². The molecule has 4 nitrogen and oxygen atoms in total. The second-order valence-corrected chi connectivity index (χ2v) is 6.49. The van der Waals surface area contributed by atoms with E-state index in [4.69, 9.17) is 0 Å². The third-order valence-electron chi connectivity index (χ3n) is 2.77. The van der Waals surface area contributed by atoms with Crippen LogP contribution in [0.3, 0.4) is 0 Å². The molecule has 5 heteroatoms. The molecule has 1 N–H and O–H groups in total. The van der Waals surface area contributed by atoms with Crippen LogP contribution in [-0.4, -0.2) is 20.6 Å². The van der Waals surface area contributed by atoms with Crippen LogP contribution in [0.1, 0.15) is 5.56 Å². The summed E-state index contributed by atoms with van der Waals surface area (Å²) in [4.78, 5) is 12.0. The summed E-state index contributed by atoms with van der Waals surface area (Å²) in [7, 11) is -3.39. The predicted octanol–water partition coefficient (Wildman–Crippen LogP) is 2.74. The molecule has 2 aromatic carbocycles. The van der Waals surface area contributed by atoms with Crippen molar-refractivity contribution in [2.24, 2.45) is 0 Å². The van der Waals surface area contributed by atoms with Gasteiger partial charge >= 0.3 is 0 Å². The maximum Gasteiger partial charge on any atom is 0.248 e. The first-order chi connectivity index (χ1) is 9.97. The standard InChI is InChI=1S/C16H15NO3S/c1-21(19,20)15-10-6-5-9-14(15)17-16(18)12-11-13-7-3-2-4-8-13/h2-12H,1H3,(H,17,18)/b12-11+. The highest BCUT2D eigenvalue weighted by Gasteiger charge is 2.13. The van der Waals surface area contributed by atoms with Crippen molar-refractivity contribution in [3.05, 3.63) is 66.2 Å². The molecular formula is C16H15NO3S. The minimum Gasteiger partial charge on any atom is -0.321 e. The topological polar surface area (TPSA) is 63.2 Å². The van der Waals surface area contributed by atoms with Crippen molar-refractivity contribution in [2.75, 3.05) is 11.6 Å². The normalized spacial score (nSPS) is 11.5. The average Bonchev–Trinajstić information content (AvgIpc) is 2.46. The number of benzene rings is 2. The van der Waals surface area contributed by atoms with E-state index in [1.54, 1.807) is 24.3 Å². The Labute approximate surface area is 124 Å². The van der Waals surface area contributed by atoms with Crippen LogP contribution in [0.15, 0.2) is 65.6 Å². The van der Waals surface area contributed by atoms with E-state index >= 15 is 0 Å². The molecule has 0 aliphatic rings. The number of hydrogen-bond acceptors (Lipinski definition) is 3. The Kier molecular flexibility index (Phi) is 4.55. The van der Waals surface area contributed by atoms with Crippen LogP contribution in [0.4, 0.5) is 5.69 Å². The molecule has 1 amide bonds. The van der Waals surface area contributed by atoms with Gasteiger partial charge in [-0.15, -0.1) is 0 Å². The van der Waals surface area contributed by atoms with Gasteiger partial charge in [0.15, 0.2) is 9.84 Å². The summed E-state index contributed by atoms with van der Waals surface area (Å²) < 4.78 is 23.3. The molecule has 0 fully saturated rings. The number of carbonyl (C=O) groups is 1. The van der Waals surface area contributed by atoms with Crippen molar-refractivity contribution in [3.63, 3.8) is 0 Å². The van der Waals surface area contributed by atoms with Crippen molar-refractivity contribution < 1.29 is 13.2 Å². The smallest absolute Gasteiger partial charge is 0.248 e. The fraction of sp³-hybridized carbons (Fsp3) is 0.0625. The average molecular weight is 301 g/mol. The third kappa shape index (κ3) is 4.29. The second kappa shape index (κ2) is 6.37. The first-order valence-electron chi connectivity index (χ1n) is 6.30. The highest BCUT2D eigenvalue weighted by molar-refractivity contribution is 7.90. The molecular weight excluding hydrogens is 286 g/mol. The maximum absolute atomic E-state index is 11.9. The monoisotopic (exact) mass is 301 g/mol. The van der Waals surface area contributed by atoms with Crippen LogP contribution in [-0.2, 0) is 14.6 Å². The summed E-state index contributed by atoms with van der Waals surface area (Å²) in [5, 5.41) is 2.58. The summed E-state index contributed by atoms with van der Waals surface area (Å²) in [6.07, 6.45) is 4.14. The molecule has 21 heavy (non-hydrogen) atoms. The quantitative estimate of drug-likeness (QED) is 0.883. The van der Waals surface area contributed by atoms with Crippen molar-refractivity contribution >= 4 is 27.5 Å². The number of para-hydroxylation sites is 1. The van der Waals surface area contributed by atoms with E-state index in [-0.39, 0.29) is 16.5 Å². The first kappa shape index (κ1) is 15.0. The fourth-order valence-corrected chi connectivity index (χ4v) is 2.65. The Morgan fingerprint density at radius 1 is 1.00 bits per heavy atom. The van der Waals surface area contributed by atoms with E-state index in [0.29, 0.717) is 0 Å². The van der Waals surface area contributed by atoms with Gasteiger partial charge in [0.1, 0.15) is 0 Å². The minimum atomic E-state index is -3.39. The zero-order valence-corrected chi connectivity index (χ0v) is 12.3. The van der Waals surface area contributed by atoms with Gasteiger partial charge in [0, 0.05) is 12.3 Å². The minimum absolute atomic E-state index is 0.103. The second-order valence-electron chi connectivity index (χ2n) is 4.50. The molecule has 0 saturated heterocycles. The summed E-state index contributed by atoms with van der Waals surface area (Å²) in [5.74, 6) is -0.380. The lowest BCUT2D eigenvalue weighted by Gasteiger charge is -2.07. The summed E-state index contributed by atoms with van der Waals surface area (Å²) in [6, 6.07) is 15.7. The lowest BCUT2D eigenvalue weighted by Crippen LogP contribution is -2.11. The molecule has 0 bridgehead atoms. The Balaban J connectivity index is 2.16. The number of hydrogen-bond donors (Lipinski definition) is 1. The zero-order valence-electron chi connectivity index (χ0n) is 11.5. The van der Waals surface area contributed by atoms with Gasteiger partial charge in [0.2, 0.25) is 5.91 Å². The van der Waals surface area contributed by atoms with Crippen LogP contribution in [0.25, 0.3) is 6.08 Å². The zero-order chi connectivity index (χ0) is 15.3. The van der Waals surface area contributed by atoms with Crippen molar-refractivity contribution in [1.29, 1.82) is 0 Å². The van der Waals surface area contributed by atoms with Crippen LogP contribution in [0.5, 0.6) is 0 Å². The number of nitrogens with one attached hydrogen (secondary N) is 1. The Hall–Kier alpha value is -2.40. The van der Waals surface area contributed by atoms with Gasteiger partial charge in [0.25, 0.3) is 0 Å². The molecule has 0 aromatic heterocycles. The summed E-state index contributed by atoms with van der Waals surface area (Å²) >= 11 is 0. The number of rotatable bonds is 4. The lowest BCUT2D eigenvalue weighted by molar-refractivity contribution is -0.111. The van der Waals surface area contributed by atoms with Gasteiger partial charge < -0.3 is 5.32 Å². The van der Waals surface area contributed by atoms with Crippen LogP contribution >= 0.6 is 0 Å². The SMILES string of the molecule is CS(=O)(=O)c1ccccc1NC(=O)/C=C/c1ccccc1. The van der Waals surface area contributed by atoms with Gasteiger partial charge in [-0.3, -0.25) is 4.79 Å². The summed E-state index contributed by atoms with van der Waals surface area (Å²) in [6.45, 7) is 0. The maximum atomic E-state index is 11.9. The Morgan fingerprint density at radius 3 is 2.29 bits per heavy atom. The van der Waals surface area contributed by atoms with Crippen LogP contribution < -0.4 is 5.32 Å². The Morgan fingerprint density at radius 2 is 1.62 bits per heavy atom. The van der Waals surface area contributed by atoms with Crippen molar-refractivity contribution in [2.45, 2.75) is 4.90 Å². The van der Waals surface area contributed by atoms with E-state index in [2.05, 4.69) is 5.32 Å². The Bertz CT molecular complexity index is 765. The molecule has 2 aromatic rings. The molecule has 0 atom stereocenters. The molecule has 0 heterocycles. The van der Waals surface area contributed by atoms with Crippen molar-refractivity contribution in [3.8, 4) is 0 Å². The molecule has 0 spiro atoms. The fourth-order valence-electron chi connectivity index (χ4n) is 1.80.